The van der Waals surface area contributed by atoms with Gasteiger partial charge in [0.05, 0.1) is 5.02 Å². The molecular weight excluding hydrogens is 213 g/mol. The van der Waals surface area contributed by atoms with Crippen molar-refractivity contribution in [2.75, 3.05) is 0 Å². The van der Waals surface area contributed by atoms with Gasteiger partial charge in [0, 0.05) is 11.5 Å². The van der Waals surface area contributed by atoms with Gasteiger partial charge < -0.3 is 5.73 Å². The highest BCUT2D eigenvalue weighted by Gasteiger charge is 2.49. The molecule has 2 rings (SSSR count). The fraction of sp³-hybridized carbons (Fsp3) is 0.500. The zero-order valence-electron chi connectivity index (χ0n) is 8.98. The minimum Gasteiger partial charge on any atom is -0.327 e. The average molecular weight is 228 g/mol. The second-order valence-corrected chi connectivity index (χ2v) is 4.88. The van der Waals surface area contributed by atoms with Crippen LogP contribution in [0, 0.1) is 12.7 Å². The fourth-order valence-electron chi connectivity index (χ4n) is 2.33. The van der Waals surface area contributed by atoms with Crippen LogP contribution in [0.15, 0.2) is 12.1 Å². The van der Waals surface area contributed by atoms with Crippen LogP contribution in [-0.4, -0.2) is 6.04 Å². The van der Waals surface area contributed by atoms with E-state index in [1.54, 1.807) is 6.07 Å². The third-order valence-electron chi connectivity index (χ3n) is 3.46. The van der Waals surface area contributed by atoms with Gasteiger partial charge in [-0.3, -0.25) is 0 Å². The third-order valence-corrected chi connectivity index (χ3v) is 3.83. The predicted molar refractivity (Wildman–Crippen MR) is 60.7 cm³/mol. The topological polar surface area (TPSA) is 26.0 Å². The maximum Gasteiger partial charge on any atom is 0.142 e. The Balaban J connectivity index is 2.57. The van der Waals surface area contributed by atoms with E-state index in [0.717, 1.165) is 24.0 Å². The van der Waals surface area contributed by atoms with Crippen LogP contribution >= 0.6 is 11.6 Å². The Morgan fingerprint density at radius 1 is 1.47 bits per heavy atom. The van der Waals surface area contributed by atoms with Crippen LogP contribution in [-0.2, 0) is 5.41 Å². The van der Waals surface area contributed by atoms with Crippen LogP contribution in [0.3, 0.4) is 0 Å². The van der Waals surface area contributed by atoms with Gasteiger partial charge in [-0.15, -0.1) is 0 Å². The van der Waals surface area contributed by atoms with Crippen molar-refractivity contribution in [3.05, 3.63) is 34.1 Å². The van der Waals surface area contributed by atoms with Crippen LogP contribution in [0.25, 0.3) is 0 Å². The van der Waals surface area contributed by atoms with Gasteiger partial charge in [0.1, 0.15) is 5.82 Å². The Hall–Kier alpha value is -0.600. The molecule has 1 fully saturated rings. The normalized spacial score (nSPS) is 20.1. The quantitative estimate of drug-likeness (QED) is 0.825. The molecule has 1 atom stereocenters. The summed E-state index contributed by atoms with van der Waals surface area (Å²) < 4.78 is 13.4. The first kappa shape index (κ1) is 10.9. The van der Waals surface area contributed by atoms with Crippen molar-refractivity contribution in [2.45, 2.75) is 38.1 Å². The van der Waals surface area contributed by atoms with Crippen molar-refractivity contribution >= 4 is 11.6 Å². The van der Waals surface area contributed by atoms with E-state index in [9.17, 15) is 4.39 Å². The van der Waals surface area contributed by atoms with Gasteiger partial charge in [-0.05, 0) is 43.9 Å². The number of halogens is 2. The molecule has 1 aromatic rings. The van der Waals surface area contributed by atoms with E-state index >= 15 is 0 Å². The standard InChI is InChI=1S/C12H15ClFN/c1-7-3-4-9(14)11(13)10(7)12(5-6-12)8(2)15/h3-4,8H,5-6,15H2,1-2H3. The van der Waals surface area contributed by atoms with Gasteiger partial charge in [-0.1, -0.05) is 17.7 Å². The van der Waals surface area contributed by atoms with Crippen molar-refractivity contribution in [3.8, 4) is 0 Å². The zero-order valence-corrected chi connectivity index (χ0v) is 9.74. The van der Waals surface area contributed by atoms with E-state index in [4.69, 9.17) is 17.3 Å². The molecular formula is C12H15ClFN. The maximum atomic E-state index is 13.4. The SMILES string of the molecule is Cc1ccc(F)c(Cl)c1C1(C(C)N)CC1. The Morgan fingerprint density at radius 3 is 2.53 bits per heavy atom. The van der Waals surface area contributed by atoms with Gasteiger partial charge in [-0.2, -0.15) is 0 Å². The first-order valence-electron chi connectivity index (χ1n) is 5.20. The van der Waals surface area contributed by atoms with Crippen LogP contribution in [0.4, 0.5) is 4.39 Å². The van der Waals surface area contributed by atoms with Crippen LogP contribution in [0.1, 0.15) is 30.9 Å². The molecule has 1 nitrogen and oxygen atoms in total. The van der Waals surface area contributed by atoms with Crippen molar-refractivity contribution < 1.29 is 4.39 Å². The van der Waals surface area contributed by atoms with Gasteiger partial charge in [0.25, 0.3) is 0 Å². The van der Waals surface area contributed by atoms with Crippen LogP contribution in [0.5, 0.6) is 0 Å². The summed E-state index contributed by atoms with van der Waals surface area (Å²) in [6.07, 6.45) is 2.02. The number of hydrogen-bond acceptors (Lipinski definition) is 1. The Morgan fingerprint density at radius 2 is 2.07 bits per heavy atom. The summed E-state index contributed by atoms with van der Waals surface area (Å²) in [5, 5.41) is 0.254. The molecule has 1 aromatic carbocycles. The second kappa shape index (κ2) is 3.46. The maximum absolute atomic E-state index is 13.4. The van der Waals surface area contributed by atoms with Crippen LogP contribution in [0.2, 0.25) is 5.02 Å². The van der Waals surface area contributed by atoms with Crippen LogP contribution < -0.4 is 5.73 Å². The molecule has 2 N–H and O–H groups in total. The van der Waals surface area contributed by atoms with E-state index in [-0.39, 0.29) is 22.3 Å². The van der Waals surface area contributed by atoms with Crippen molar-refractivity contribution in [1.82, 2.24) is 0 Å². The largest absolute Gasteiger partial charge is 0.327 e. The Kier molecular flexibility index (Phi) is 2.52. The lowest BCUT2D eigenvalue weighted by molar-refractivity contribution is 0.546. The van der Waals surface area contributed by atoms with E-state index in [1.807, 2.05) is 13.8 Å². The third kappa shape index (κ3) is 1.56. The Labute approximate surface area is 94.4 Å². The first-order chi connectivity index (χ1) is 6.99. The molecule has 1 saturated carbocycles. The molecule has 0 amide bonds. The summed E-state index contributed by atoms with van der Waals surface area (Å²) >= 11 is 6.04. The van der Waals surface area contributed by atoms with E-state index in [1.165, 1.54) is 6.07 Å². The van der Waals surface area contributed by atoms with Crippen molar-refractivity contribution in [1.29, 1.82) is 0 Å². The number of nitrogens with two attached hydrogens (primary N) is 1. The average Bonchev–Trinajstić information content (AvgIpc) is 2.93. The van der Waals surface area contributed by atoms with E-state index in [2.05, 4.69) is 0 Å². The smallest absolute Gasteiger partial charge is 0.142 e. The summed E-state index contributed by atoms with van der Waals surface area (Å²) in [6.45, 7) is 3.93. The summed E-state index contributed by atoms with van der Waals surface area (Å²) in [5.41, 5.74) is 7.85. The molecule has 1 aliphatic rings. The van der Waals surface area contributed by atoms with Gasteiger partial charge in [0.2, 0.25) is 0 Å². The number of hydrogen-bond donors (Lipinski definition) is 1. The molecule has 82 valence electrons. The van der Waals surface area contributed by atoms with Gasteiger partial charge in [0.15, 0.2) is 0 Å². The molecule has 1 aliphatic carbocycles. The molecule has 0 bridgehead atoms. The van der Waals surface area contributed by atoms with E-state index in [0.29, 0.717) is 0 Å². The lowest BCUT2D eigenvalue weighted by Gasteiger charge is -2.23. The van der Waals surface area contributed by atoms with Gasteiger partial charge >= 0.3 is 0 Å². The number of rotatable bonds is 2. The number of benzene rings is 1. The second-order valence-electron chi connectivity index (χ2n) is 4.50. The molecule has 0 aliphatic heterocycles. The number of aryl methyl sites for hydroxylation is 1. The molecule has 0 saturated heterocycles. The summed E-state index contributed by atoms with van der Waals surface area (Å²) in [6, 6.07) is 3.22. The highest BCUT2D eigenvalue weighted by molar-refractivity contribution is 6.31. The zero-order chi connectivity index (χ0) is 11.2. The molecule has 0 spiro atoms. The molecule has 0 aromatic heterocycles. The lowest BCUT2D eigenvalue weighted by atomic mass is 9.86. The summed E-state index contributed by atoms with van der Waals surface area (Å²) in [7, 11) is 0. The molecule has 0 radical (unpaired) electrons. The summed E-state index contributed by atoms with van der Waals surface area (Å²) in [5.74, 6) is -0.343. The lowest BCUT2D eigenvalue weighted by Crippen LogP contribution is -2.32. The highest BCUT2D eigenvalue weighted by atomic mass is 35.5. The molecule has 1 unspecified atom stereocenters. The fourth-order valence-corrected chi connectivity index (χ4v) is 2.73. The monoisotopic (exact) mass is 227 g/mol. The summed E-state index contributed by atoms with van der Waals surface area (Å²) in [4.78, 5) is 0. The highest BCUT2D eigenvalue weighted by Crippen LogP contribution is 2.53. The molecule has 0 heterocycles. The van der Waals surface area contributed by atoms with Crippen molar-refractivity contribution in [2.24, 2.45) is 5.73 Å². The van der Waals surface area contributed by atoms with Crippen molar-refractivity contribution in [3.63, 3.8) is 0 Å². The van der Waals surface area contributed by atoms with E-state index < -0.39 is 0 Å². The molecule has 15 heavy (non-hydrogen) atoms. The van der Waals surface area contributed by atoms with Gasteiger partial charge in [-0.25, -0.2) is 4.39 Å². The minimum absolute atomic E-state index is 0.0236. The molecule has 3 heteroatoms. The first-order valence-corrected chi connectivity index (χ1v) is 5.57. The predicted octanol–water partition coefficient (Wildman–Crippen LogP) is 3.17. The Bertz CT molecular complexity index is 397. The minimum atomic E-state index is -0.343.